The number of aryl methyl sites for hydroxylation is 1. The van der Waals surface area contributed by atoms with E-state index in [1.54, 1.807) is 20.8 Å². The van der Waals surface area contributed by atoms with Crippen molar-refractivity contribution in [2.75, 3.05) is 0 Å². The number of aromatic nitrogens is 2. The Kier molecular flexibility index (Phi) is 2.90. The van der Waals surface area contributed by atoms with Gasteiger partial charge in [-0.15, -0.1) is 0 Å². The number of nitrogens with zero attached hydrogens (tertiary/aromatic N) is 2. The maximum absolute atomic E-state index is 10.7. The SMILES string of the molecule is Cc1nn(C(C)C(=O)O)c(C)c1CO. The highest BCUT2D eigenvalue weighted by Gasteiger charge is 2.19. The predicted molar refractivity (Wildman–Crippen MR) is 50.0 cm³/mol. The number of hydrogen-bond donors (Lipinski definition) is 2. The maximum Gasteiger partial charge on any atom is 0.328 e. The third kappa shape index (κ3) is 1.63. The summed E-state index contributed by atoms with van der Waals surface area (Å²) < 4.78 is 1.42. The van der Waals surface area contributed by atoms with Gasteiger partial charge in [-0.05, 0) is 20.8 Å². The first-order valence-corrected chi connectivity index (χ1v) is 4.37. The predicted octanol–water partition coefficient (Wildman–Crippen LogP) is 0.638. The highest BCUT2D eigenvalue weighted by molar-refractivity contribution is 5.71. The molecular formula is C9H14N2O3. The third-order valence-electron chi connectivity index (χ3n) is 2.36. The molecule has 2 N–H and O–H groups in total. The van der Waals surface area contributed by atoms with Gasteiger partial charge in [-0.1, -0.05) is 0 Å². The van der Waals surface area contributed by atoms with Gasteiger partial charge in [0.05, 0.1) is 12.3 Å². The van der Waals surface area contributed by atoms with Gasteiger partial charge < -0.3 is 10.2 Å². The molecule has 0 aliphatic heterocycles. The Bertz CT molecular complexity index is 357. The molecule has 5 nitrogen and oxygen atoms in total. The van der Waals surface area contributed by atoms with Gasteiger partial charge in [0.15, 0.2) is 0 Å². The normalized spacial score (nSPS) is 12.9. The molecule has 1 aromatic heterocycles. The van der Waals surface area contributed by atoms with Crippen LogP contribution in [0.25, 0.3) is 0 Å². The summed E-state index contributed by atoms with van der Waals surface area (Å²) in [6.45, 7) is 4.96. The van der Waals surface area contributed by atoms with Gasteiger partial charge >= 0.3 is 5.97 Å². The minimum atomic E-state index is -0.930. The number of carbonyl (C=O) groups is 1. The Morgan fingerprint density at radius 1 is 1.57 bits per heavy atom. The molecular weight excluding hydrogens is 184 g/mol. The molecule has 1 rings (SSSR count). The molecule has 78 valence electrons. The van der Waals surface area contributed by atoms with Crippen LogP contribution in [0.4, 0.5) is 0 Å². The van der Waals surface area contributed by atoms with Crippen LogP contribution in [-0.4, -0.2) is 26.0 Å². The zero-order valence-electron chi connectivity index (χ0n) is 8.48. The van der Waals surface area contributed by atoms with E-state index < -0.39 is 12.0 Å². The van der Waals surface area contributed by atoms with Crippen LogP contribution in [0.3, 0.4) is 0 Å². The smallest absolute Gasteiger partial charge is 0.328 e. The molecule has 0 aliphatic carbocycles. The summed E-state index contributed by atoms with van der Waals surface area (Å²) in [5.41, 5.74) is 2.09. The molecule has 1 aromatic rings. The number of aliphatic hydroxyl groups is 1. The average molecular weight is 198 g/mol. The molecule has 0 radical (unpaired) electrons. The molecule has 14 heavy (non-hydrogen) atoms. The lowest BCUT2D eigenvalue weighted by Gasteiger charge is -2.08. The Balaban J connectivity index is 3.17. The van der Waals surface area contributed by atoms with Crippen LogP contribution < -0.4 is 0 Å². The first-order chi connectivity index (χ1) is 6.49. The monoisotopic (exact) mass is 198 g/mol. The second-order valence-electron chi connectivity index (χ2n) is 3.27. The van der Waals surface area contributed by atoms with E-state index in [-0.39, 0.29) is 6.61 Å². The number of aliphatic hydroxyl groups excluding tert-OH is 1. The molecule has 0 saturated carbocycles. The first-order valence-electron chi connectivity index (χ1n) is 4.37. The van der Waals surface area contributed by atoms with Crippen LogP contribution in [0, 0.1) is 13.8 Å². The number of rotatable bonds is 3. The third-order valence-corrected chi connectivity index (χ3v) is 2.36. The van der Waals surface area contributed by atoms with Crippen LogP contribution in [0.2, 0.25) is 0 Å². The molecule has 0 aliphatic rings. The van der Waals surface area contributed by atoms with E-state index in [4.69, 9.17) is 10.2 Å². The summed E-state index contributed by atoms with van der Waals surface area (Å²) in [5, 5.41) is 21.9. The van der Waals surface area contributed by atoms with Gasteiger partial charge in [-0.2, -0.15) is 5.10 Å². The fourth-order valence-corrected chi connectivity index (χ4v) is 1.41. The van der Waals surface area contributed by atoms with E-state index in [0.717, 1.165) is 0 Å². The Hall–Kier alpha value is -1.36. The summed E-state index contributed by atoms with van der Waals surface area (Å²) in [5.74, 6) is -0.930. The van der Waals surface area contributed by atoms with E-state index in [2.05, 4.69) is 5.10 Å². The summed E-state index contributed by atoms with van der Waals surface area (Å²) in [6.07, 6.45) is 0. The van der Waals surface area contributed by atoms with Crippen LogP contribution in [0.15, 0.2) is 0 Å². The molecule has 0 bridgehead atoms. The van der Waals surface area contributed by atoms with Gasteiger partial charge in [0, 0.05) is 11.3 Å². The van der Waals surface area contributed by atoms with Gasteiger partial charge in [-0.25, -0.2) is 4.79 Å². The maximum atomic E-state index is 10.7. The van der Waals surface area contributed by atoms with Gasteiger partial charge in [0.1, 0.15) is 6.04 Å². The molecule has 5 heteroatoms. The molecule has 0 amide bonds. The first kappa shape index (κ1) is 10.7. The largest absolute Gasteiger partial charge is 0.480 e. The van der Waals surface area contributed by atoms with Crippen molar-refractivity contribution in [3.63, 3.8) is 0 Å². The van der Waals surface area contributed by atoms with Crippen LogP contribution in [0.1, 0.15) is 29.9 Å². The Morgan fingerprint density at radius 2 is 2.14 bits per heavy atom. The van der Waals surface area contributed by atoms with Gasteiger partial charge in [0.2, 0.25) is 0 Å². The second-order valence-corrected chi connectivity index (χ2v) is 3.27. The van der Waals surface area contributed by atoms with Crippen molar-refractivity contribution < 1.29 is 15.0 Å². The van der Waals surface area contributed by atoms with Crippen molar-refractivity contribution >= 4 is 5.97 Å². The summed E-state index contributed by atoms with van der Waals surface area (Å²) in [4.78, 5) is 10.7. The van der Waals surface area contributed by atoms with Crippen molar-refractivity contribution in [1.29, 1.82) is 0 Å². The quantitative estimate of drug-likeness (QED) is 0.747. The van der Waals surface area contributed by atoms with Crippen molar-refractivity contribution in [2.45, 2.75) is 33.4 Å². The van der Waals surface area contributed by atoms with E-state index in [1.165, 1.54) is 4.68 Å². The highest BCUT2D eigenvalue weighted by atomic mass is 16.4. The molecule has 0 aromatic carbocycles. The Labute approximate surface area is 82.0 Å². The minimum absolute atomic E-state index is 0.107. The fourth-order valence-electron chi connectivity index (χ4n) is 1.41. The van der Waals surface area contributed by atoms with Crippen molar-refractivity contribution in [1.82, 2.24) is 9.78 Å². The topological polar surface area (TPSA) is 75.4 Å². The lowest BCUT2D eigenvalue weighted by atomic mass is 10.2. The fraction of sp³-hybridized carbons (Fsp3) is 0.556. The van der Waals surface area contributed by atoms with Crippen LogP contribution >= 0.6 is 0 Å². The average Bonchev–Trinajstić information content (AvgIpc) is 2.40. The van der Waals surface area contributed by atoms with Crippen LogP contribution in [0.5, 0.6) is 0 Å². The van der Waals surface area contributed by atoms with Crippen molar-refractivity contribution in [3.05, 3.63) is 17.0 Å². The van der Waals surface area contributed by atoms with Crippen LogP contribution in [-0.2, 0) is 11.4 Å². The highest BCUT2D eigenvalue weighted by Crippen LogP contribution is 2.17. The summed E-state index contributed by atoms with van der Waals surface area (Å²) in [7, 11) is 0. The minimum Gasteiger partial charge on any atom is -0.480 e. The molecule has 1 unspecified atom stereocenters. The zero-order chi connectivity index (χ0) is 10.9. The molecule has 1 atom stereocenters. The summed E-state index contributed by atoms with van der Waals surface area (Å²) in [6, 6.07) is -0.700. The number of hydrogen-bond acceptors (Lipinski definition) is 3. The molecule has 0 saturated heterocycles. The molecule has 0 fully saturated rings. The van der Waals surface area contributed by atoms with E-state index in [0.29, 0.717) is 17.0 Å². The standard InChI is InChI=1S/C9H14N2O3/c1-5-8(4-12)6(2)11(10-5)7(3)9(13)14/h7,12H,4H2,1-3H3,(H,13,14). The number of aliphatic carboxylic acids is 1. The van der Waals surface area contributed by atoms with E-state index >= 15 is 0 Å². The molecule has 1 heterocycles. The van der Waals surface area contributed by atoms with E-state index in [1.807, 2.05) is 0 Å². The van der Waals surface area contributed by atoms with Crippen molar-refractivity contribution in [3.8, 4) is 0 Å². The molecule has 0 spiro atoms. The zero-order valence-corrected chi connectivity index (χ0v) is 8.48. The second kappa shape index (κ2) is 3.79. The summed E-state index contributed by atoms with van der Waals surface area (Å²) >= 11 is 0. The lowest BCUT2D eigenvalue weighted by molar-refractivity contribution is -0.140. The Morgan fingerprint density at radius 3 is 2.50 bits per heavy atom. The van der Waals surface area contributed by atoms with E-state index in [9.17, 15) is 4.79 Å². The number of carboxylic acid groups (broad SMARTS) is 1. The van der Waals surface area contributed by atoms with Crippen molar-refractivity contribution in [2.24, 2.45) is 0 Å². The lowest BCUT2D eigenvalue weighted by Crippen LogP contribution is -2.18. The number of carboxylic acids is 1. The van der Waals surface area contributed by atoms with Gasteiger partial charge in [-0.3, -0.25) is 4.68 Å². The van der Waals surface area contributed by atoms with Gasteiger partial charge in [0.25, 0.3) is 0 Å².